The number of benzene rings is 2. The highest BCUT2D eigenvalue weighted by Gasteiger charge is 2.24. The third-order valence-electron chi connectivity index (χ3n) is 6.19. The van der Waals surface area contributed by atoms with Gasteiger partial charge in [-0.3, -0.25) is 4.79 Å². The SMILES string of the molecule is CCCCCCCCOc1ccc(-c2ccc(OC(=O)C(Cl)C(C)CCCC(C)C)cc2)cc1. The van der Waals surface area contributed by atoms with E-state index in [-0.39, 0.29) is 11.9 Å². The molecule has 0 amide bonds. The average Bonchev–Trinajstić information content (AvgIpc) is 2.83. The van der Waals surface area contributed by atoms with E-state index in [1.165, 1.54) is 32.1 Å². The summed E-state index contributed by atoms with van der Waals surface area (Å²) in [7, 11) is 0. The number of halogens is 1. The van der Waals surface area contributed by atoms with Crippen molar-refractivity contribution in [2.45, 2.75) is 90.9 Å². The van der Waals surface area contributed by atoms with E-state index >= 15 is 0 Å². The van der Waals surface area contributed by atoms with Crippen LogP contribution in [0.25, 0.3) is 11.1 Å². The molecule has 0 spiro atoms. The molecule has 2 aromatic rings. The monoisotopic (exact) mass is 486 g/mol. The highest BCUT2D eigenvalue weighted by molar-refractivity contribution is 6.30. The van der Waals surface area contributed by atoms with Gasteiger partial charge in [-0.2, -0.15) is 0 Å². The zero-order valence-corrected chi connectivity index (χ0v) is 22.3. The van der Waals surface area contributed by atoms with Crippen LogP contribution in [0.2, 0.25) is 0 Å². The van der Waals surface area contributed by atoms with Crippen molar-refractivity contribution >= 4 is 17.6 Å². The fraction of sp³-hybridized carbons (Fsp3) is 0.567. The first-order valence-corrected chi connectivity index (χ1v) is 13.5. The van der Waals surface area contributed by atoms with E-state index in [1.54, 1.807) is 0 Å². The van der Waals surface area contributed by atoms with Crippen molar-refractivity contribution in [2.24, 2.45) is 11.8 Å². The van der Waals surface area contributed by atoms with Crippen LogP contribution in [-0.4, -0.2) is 18.0 Å². The summed E-state index contributed by atoms with van der Waals surface area (Å²) in [4.78, 5) is 12.4. The highest BCUT2D eigenvalue weighted by atomic mass is 35.5. The molecule has 0 aliphatic rings. The number of rotatable bonds is 16. The minimum atomic E-state index is -0.629. The van der Waals surface area contributed by atoms with Crippen molar-refractivity contribution in [1.82, 2.24) is 0 Å². The molecule has 0 saturated carbocycles. The van der Waals surface area contributed by atoms with Crippen molar-refractivity contribution in [1.29, 1.82) is 0 Å². The summed E-state index contributed by atoms with van der Waals surface area (Å²) in [5.41, 5.74) is 2.16. The molecule has 2 aromatic carbocycles. The van der Waals surface area contributed by atoms with Gasteiger partial charge in [-0.25, -0.2) is 0 Å². The average molecular weight is 487 g/mol. The Labute approximate surface area is 212 Å². The molecule has 0 fully saturated rings. The normalized spacial score (nSPS) is 13.0. The van der Waals surface area contributed by atoms with Crippen LogP contribution in [0, 0.1) is 11.8 Å². The Kier molecular flexibility index (Phi) is 13.1. The number of unbranched alkanes of at least 4 members (excludes halogenated alkanes) is 5. The number of esters is 1. The second kappa shape index (κ2) is 15.8. The smallest absolute Gasteiger partial charge is 0.329 e. The Hall–Kier alpha value is -2.00. The van der Waals surface area contributed by atoms with E-state index in [0.29, 0.717) is 11.7 Å². The Morgan fingerprint density at radius 2 is 1.32 bits per heavy atom. The number of alkyl halides is 1. The molecule has 2 rings (SSSR count). The van der Waals surface area contributed by atoms with Crippen molar-refractivity contribution in [2.75, 3.05) is 6.61 Å². The standard InChI is InChI=1S/C30H43ClO3/c1-5-6-7-8-9-10-22-33-27-18-14-25(15-19-27)26-16-20-28(21-17-26)34-30(32)29(31)24(4)13-11-12-23(2)3/h14-21,23-24,29H,5-13,22H2,1-4H3. The van der Waals surface area contributed by atoms with Gasteiger partial charge in [0.1, 0.15) is 16.9 Å². The molecule has 0 aliphatic heterocycles. The molecule has 2 atom stereocenters. The lowest BCUT2D eigenvalue weighted by Crippen LogP contribution is -2.27. The van der Waals surface area contributed by atoms with Crippen LogP contribution < -0.4 is 9.47 Å². The maximum atomic E-state index is 12.4. The number of carbonyl (C=O) groups excluding carboxylic acids is 1. The Bertz CT molecular complexity index is 814. The summed E-state index contributed by atoms with van der Waals surface area (Å²) in [6.45, 7) is 9.44. The lowest BCUT2D eigenvalue weighted by molar-refractivity contribution is -0.134. The van der Waals surface area contributed by atoms with E-state index in [4.69, 9.17) is 21.1 Å². The molecule has 0 radical (unpaired) electrons. The molecule has 0 aliphatic carbocycles. The minimum Gasteiger partial charge on any atom is -0.494 e. The zero-order valence-electron chi connectivity index (χ0n) is 21.5. The maximum absolute atomic E-state index is 12.4. The number of hydrogen-bond donors (Lipinski definition) is 0. The molecule has 2 unspecified atom stereocenters. The van der Waals surface area contributed by atoms with Gasteiger partial charge in [0.15, 0.2) is 0 Å². The molecule has 188 valence electrons. The van der Waals surface area contributed by atoms with Crippen LogP contribution in [-0.2, 0) is 4.79 Å². The summed E-state index contributed by atoms with van der Waals surface area (Å²) in [5.74, 6) is 1.80. The van der Waals surface area contributed by atoms with Crippen molar-refractivity contribution in [3.05, 3.63) is 48.5 Å². The van der Waals surface area contributed by atoms with Gasteiger partial charge in [0.2, 0.25) is 0 Å². The molecule has 0 heterocycles. The zero-order chi connectivity index (χ0) is 24.8. The fourth-order valence-corrected chi connectivity index (χ4v) is 4.10. The molecule has 0 aromatic heterocycles. The topological polar surface area (TPSA) is 35.5 Å². The molecule has 4 heteroatoms. The van der Waals surface area contributed by atoms with Crippen molar-refractivity contribution < 1.29 is 14.3 Å². The van der Waals surface area contributed by atoms with E-state index in [9.17, 15) is 4.79 Å². The van der Waals surface area contributed by atoms with E-state index < -0.39 is 5.38 Å². The number of ether oxygens (including phenoxy) is 2. The fourth-order valence-electron chi connectivity index (χ4n) is 3.93. The summed E-state index contributed by atoms with van der Waals surface area (Å²) >= 11 is 6.38. The first kappa shape index (κ1) is 28.2. The van der Waals surface area contributed by atoms with E-state index in [2.05, 4.69) is 32.9 Å². The van der Waals surface area contributed by atoms with Gasteiger partial charge >= 0.3 is 5.97 Å². The predicted octanol–water partition coefficient (Wildman–Crippen LogP) is 9.07. The van der Waals surface area contributed by atoms with Gasteiger partial charge in [-0.1, -0.05) is 96.9 Å². The van der Waals surface area contributed by atoms with Crippen LogP contribution in [0.5, 0.6) is 11.5 Å². The minimum absolute atomic E-state index is 0.0916. The maximum Gasteiger partial charge on any atom is 0.329 e. The third-order valence-corrected chi connectivity index (χ3v) is 6.80. The lowest BCUT2D eigenvalue weighted by atomic mass is 9.97. The van der Waals surface area contributed by atoms with Gasteiger partial charge in [0.05, 0.1) is 6.61 Å². The second-order valence-electron chi connectivity index (χ2n) is 9.79. The van der Waals surface area contributed by atoms with Crippen LogP contribution in [0.1, 0.15) is 85.5 Å². The summed E-state index contributed by atoms with van der Waals surface area (Å²) in [5, 5.41) is -0.629. The van der Waals surface area contributed by atoms with Gasteiger partial charge in [0, 0.05) is 0 Å². The quantitative estimate of drug-likeness (QED) is 0.103. The van der Waals surface area contributed by atoms with Gasteiger partial charge in [-0.15, -0.1) is 11.6 Å². The summed E-state index contributed by atoms with van der Waals surface area (Å²) < 4.78 is 11.4. The van der Waals surface area contributed by atoms with Crippen LogP contribution in [0.3, 0.4) is 0 Å². The summed E-state index contributed by atoms with van der Waals surface area (Å²) in [6.07, 6.45) is 10.7. The van der Waals surface area contributed by atoms with Crippen molar-refractivity contribution in [3.63, 3.8) is 0 Å². The molecule has 0 bridgehead atoms. The van der Waals surface area contributed by atoms with Crippen LogP contribution in [0.15, 0.2) is 48.5 Å². The molecular formula is C30H43ClO3. The highest BCUT2D eigenvalue weighted by Crippen LogP contribution is 2.26. The van der Waals surface area contributed by atoms with Crippen molar-refractivity contribution in [3.8, 4) is 22.6 Å². The van der Waals surface area contributed by atoms with Gasteiger partial charge < -0.3 is 9.47 Å². The lowest BCUT2D eigenvalue weighted by Gasteiger charge is -2.17. The largest absolute Gasteiger partial charge is 0.494 e. The molecule has 0 saturated heterocycles. The van der Waals surface area contributed by atoms with Crippen LogP contribution >= 0.6 is 11.6 Å². The van der Waals surface area contributed by atoms with E-state index in [1.807, 2.05) is 43.3 Å². The number of hydrogen-bond acceptors (Lipinski definition) is 3. The molecule has 0 N–H and O–H groups in total. The Morgan fingerprint density at radius 3 is 1.91 bits per heavy atom. The van der Waals surface area contributed by atoms with Gasteiger partial charge in [0.25, 0.3) is 0 Å². The first-order chi connectivity index (χ1) is 16.4. The molecular weight excluding hydrogens is 444 g/mol. The molecule has 34 heavy (non-hydrogen) atoms. The summed E-state index contributed by atoms with van der Waals surface area (Å²) in [6, 6.07) is 15.7. The first-order valence-electron chi connectivity index (χ1n) is 13.1. The predicted molar refractivity (Wildman–Crippen MR) is 144 cm³/mol. The Morgan fingerprint density at radius 1 is 0.765 bits per heavy atom. The second-order valence-corrected chi connectivity index (χ2v) is 10.3. The Balaban J connectivity index is 1.78. The van der Waals surface area contributed by atoms with Crippen LogP contribution in [0.4, 0.5) is 0 Å². The van der Waals surface area contributed by atoms with Gasteiger partial charge in [-0.05, 0) is 60.1 Å². The van der Waals surface area contributed by atoms with E-state index in [0.717, 1.165) is 49.2 Å². The third kappa shape index (κ3) is 10.5. The molecule has 3 nitrogen and oxygen atoms in total. The number of carbonyl (C=O) groups is 1.